The van der Waals surface area contributed by atoms with Crippen molar-refractivity contribution in [1.29, 1.82) is 0 Å². The molecule has 34 heavy (non-hydrogen) atoms. The predicted octanol–water partition coefficient (Wildman–Crippen LogP) is 5.34. The molecular weight excluding hydrogens is 455 g/mol. The van der Waals surface area contributed by atoms with Crippen LogP contribution >= 0.6 is 10.6 Å². The van der Waals surface area contributed by atoms with Gasteiger partial charge in [-0.15, -0.1) is 0 Å². The molecule has 0 radical (unpaired) electrons. The number of benzene rings is 2. The smallest absolute Gasteiger partial charge is 0.260 e. The van der Waals surface area contributed by atoms with Crippen molar-refractivity contribution in [3.63, 3.8) is 0 Å². The third kappa shape index (κ3) is 4.27. The van der Waals surface area contributed by atoms with Crippen LogP contribution in [0.3, 0.4) is 0 Å². The average molecular weight is 485 g/mol. The highest BCUT2D eigenvalue weighted by atomic mass is 32.3. The molecule has 0 bridgehead atoms. The number of hydrogen-bond acceptors (Lipinski definition) is 5. The minimum absolute atomic E-state index is 0.175. The number of rotatable bonds is 4. The fourth-order valence-electron chi connectivity index (χ4n) is 4.96. The van der Waals surface area contributed by atoms with Crippen molar-refractivity contribution in [2.45, 2.75) is 38.5 Å². The number of ether oxygens (including phenoxy) is 1. The summed E-state index contributed by atoms with van der Waals surface area (Å²) in [5, 5.41) is 2.78. The molecule has 6 nitrogen and oxygen atoms in total. The predicted molar refractivity (Wildman–Crippen MR) is 134 cm³/mol. The zero-order valence-electron chi connectivity index (χ0n) is 19.5. The Kier molecular flexibility index (Phi) is 5.60. The van der Waals surface area contributed by atoms with Crippen LogP contribution in [0.2, 0.25) is 0 Å². The van der Waals surface area contributed by atoms with Gasteiger partial charge in [0.25, 0.3) is 5.91 Å². The zero-order chi connectivity index (χ0) is 24.3. The van der Waals surface area contributed by atoms with Gasteiger partial charge in [0.05, 0.1) is 11.3 Å². The van der Waals surface area contributed by atoms with Gasteiger partial charge in [0, 0.05) is 35.2 Å². The van der Waals surface area contributed by atoms with Crippen LogP contribution < -0.4 is 5.32 Å². The highest BCUT2D eigenvalue weighted by Crippen LogP contribution is 2.47. The van der Waals surface area contributed by atoms with E-state index in [9.17, 15) is 18.3 Å². The maximum atomic E-state index is 13.9. The van der Waals surface area contributed by atoms with Gasteiger partial charge in [0.15, 0.2) is 0 Å². The molecule has 0 saturated carbocycles. The number of fused-ring (bicyclic) bond motifs is 1. The normalized spacial score (nSPS) is 25.7. The number of carbonyl (C=O) groups excluding carboxylic acids is 1. The third-order valence-electron chi connectivity index (χ3n) is 6.82. The van der Waals surface area contributed by atoms with E-state index in [1.165, 1.54) is 12.1 Å². The van der Waals surface area contributed by atoms with Crippen LogP contribution in [-0.4, -0.2) is 50.1 Å². The summed E-state index contributed by atoms with van der Waals surface area (Å²) < 4.78 is 39.9. The summed E-state index contributed by atoms with van der Waals surface area (Å²) in [5.74, 6) is 0.657. The molecule has 1 unspecified atom stereocenters. The van der Waals surface area contributed by atoms with Gasteiger partial charge in [-0.25, -0.2) is 4.39 Å². The second kappa shape index (κ2) is 8.23. The van der Waals surface area contributed by atoms with Gasteiger partial charge in [-0.3, -0.25) is 18.8 Å². The lowest BCUT2D eigenvalue weighted by molar-refractivity contribution is -0.111. The summed E-state index contributed by atoms with van der Waals surface area (Å²) in [6.07, 6.45) is 2.67. The summed E-state index contributed by atoms with van der Waals surface area (Å²) in [6, 6.07) is 12.6. The van der Waals surface area contributed by atoms with Crippen molar-refractivity contribution in [2.24, 2.45) is 0 Å². The first-order valence-electron chi connectivity index (χ1n) is 11.3. The lowest BCUT2D eigenvalue weighted by atomic mass is 9.91. The molecule has 8 heteroatoms. The fraction of sp³-hybridized carbons (Fsp3) is 0.346. The Bertz CT molecular complexity index is 1220. The Labute approximate surface area is 200 Å². The molecule has 1 saturated heterocycles. The van der Waals surface area contributed by atoms with Crippen molar-refractivity contribution in [1.82, 2.24) is 4.90 Å². The van der Waals surface area contributed by atoms with E-state index in [4.69, 9.17) is 4.74 Å². The first-order valence-corrected chi connectivity index (χ1v) is 13.2. The minimum Gasteiger partial charge on any atom is -0.482 e. The maximum absolute atomic E-state index is 13.9. The zero-order valence-corrected chi connectivity index (χ0v) is 20.3. The number of allylic oxidation sites excluding steroid dienone is 1. The van der Waals surface area contributed by atoms with Crippen LogP contribution in [0.1, 0.15) is 37.0 Å². The maximum Gasteiger partial charge on any atom is 0.260 e. The Morgan fingerprint density at radius 3 is 2.62 bits per heavy atom. The average Bonchev–Trinajstić information content (AvgIpc) is 3.39. The van der Waals surface area contributed by atoms with Crippen molar-refractivity contribution in [3.8, 4) is 0 Å². The van der Waals surface area contributed by atoms with E-state index < -0.39 is 22.0 Å². The van der Waals surface area contributed by atoms with E-state index >= 15 is 0 Å². The lowest BCUT2D eigenvalue weighted by Crippen LogP contribution is -2.31. The largest absolute Gasteiger partial charge is 0.482 e. The third-order valence-corrected chi connectivity index (χ3v) is 8.63. The number of nitrogens with one attached hydrogen (secondary N) is 1. The molecule has 3 N–H and O–H groups in total. The van der Waals surface area contributed by atoms with E-state index in [1.807, 2.05) is 39.1 Å². The molecule has 3 aliphatic heterocycles. The van der Waals surface area contributed by atoms with E-state index in [0.29, 0.717) is 34.1 Å². The molecule has 0 spiro atoms. The van der Waals surface area contributed by atoms with Gasteiger partial charge in [0.2, 0.25) is 0 Å². The van der Waals surface area contributed by atoms with Crippen LogP contribution in [0.4, 0.5) is 10.1 Å². The van der Waals surface area contributed by atoms with E-state index in [0.717, 1.165) is 29.7 Å². The highest BCUT2D eigenvalue weighted by Gasteiger charge is 2.38. The van der Waals surface area contributed by atoms with Crippen molar-refractivity contribution in [3.05, 3.63) is 76.8 Å². The molecule has 3 heterocycles. The quantitative estimate of drug-likeness (QED) is 0.511. The molecule has 0 aromatic heterocycles. The molecule has 2 aromatic rings. The summed E-state index contributed by atoms with van der Waals surface area (Å²) in [5.41, 5.74) is 3.83. The molecule has 5 rings (SSSR count). The molecule has 1 amide bonds. The minimum atomic E-state index is -2.42. The van der Waals surface area contributed by atoms with Crippen LogP contribution in [0.5, 0.6) is 0 Å². The van der Waals surface area contributed by atoms with Crippen molar-refractivity contribution >= 4 is 33.3 Å². The summed E-state index contributed by atoms with van der Waals surface area (Å²) in [7, 11) is -0.402. The number of amides is 1. The highest BCUT2D eigenvalue weighted by molar-refractivity contribution is 8.24. The van der Waals surface area contributed by atoms with Crippen LogP contribution in [0, 0.1) is 5.82 Å². The monoisotopic (exact) mass is 484 g/mol. The first kappa shape index (κ1) is 23.1. The number of halogens is 1. The van der Waals surface area contributed by atoms with Gasteiger partial charge in [-0.2, -0.15) is 10.6 Å². The Morgan fingerprint density at radius 2 is 1.94 bits per heavy atom. The van der Waals surface area contributed by atoms with E-state index in [1.54, 1.807) is 6.07 Å². The standard InChI is InChI=1S/C26H29FN2O4S/c1-26(2)21(13-23(33-26)24-20-12-18(27)8-9-22(20)28-25(24)30)17-6-4-16(5-7-17)14-29(3)19-10-11-34(31,32)15-19/h4-9,12-13,19,31-32H,10-11,14-15H2,1-3H3,(H,28,30)/b24-23+. The Morgan fingerprint density at radius 1 is 1.21 bits per heavy atom. The van der Waals surface area contributed by atoms with Gasteiger partial charge >= 0.3 is 0 Å². The molecule has 3 aliphatic rings. The Balaban J connectivity index is 1.40. The molecule has 1 fully saturated rings. The summed E-state index contributed by atoms with van der Waals surface area (Å²) in [6.45, 7) is 4.62. The number of carbonyl (C=O) groups is 1. The molecule has 0 aliphatic carbocycles. The SMILES string of the molecule is CN(Cc1ccc(C2=C/C(=C3\C(=O)Nc4ccc(F)cc43)OC2(C)C)cc1)C1CCS(O)(O)C1. The van der Waals surface area contributed by atoms with Gasteiger partial charge in [-0.1, -0.05) is 24.3 Å². The van der Waals surface area contributed by atoms with Crippen LogP contribution in [0.15, 0.2) is 54.3 Å². The topological polar surface area (TPSA) is 82.0 Å². The van der Waals surface area contributed by atoms with Gasteiger partial charge in [0.1, 0.15) is 17.2 Å². The summed E-state index contributed by atoms with van der Waals surface area (Å²) in [4.78, 5) is 14.8. The molecule has 1 atom stereocenters. The van der Waals surface area contributed by atoms with Crippen molar-refractivity contribution < 1.29 is 23.0 Å². The second-order valence-electron chi connectivity index (χ2n) is 9.78. The van der Waals surface area contributed by atoms with E-state index in [2.05, 4.69) is 22.3 Å². The van der Waals surface area contributed by atoms with Crippen LogP contribution in [0.25, 0.3) is 11.1 Å². The second-order valence-corrected chi connectivity index (χ2v) is 12.1. The van der Waals surface area contributed by atoms with Crippen LogP contribution in [-0.2, 0) is 16.1 Å². The molecule has 180 valence electrons. The summed E-state index contributed by atoms with van der Waals surface area (Å²) >= 11 is 0. The van der Waals surface area contributed by atoms with Crippen molar-refractivity contribution in [2.75, 3.05) is 23.9 Å². The lowest BCUT2D eigenvalue weighted by Gasteiger charge is -2.29. The number of anilines is 1. The fourth-order valence-corrected chi connectivity index (χ4v) is 6.81. The number of nitrogens with zero attached hydrogens (tertiary/aromatic N) is 1. The van der Waals surface area contributed by atoms with E-state index in [-0.39, 0.29) is 11.9 Å². The van der Waals surface area contributed by atoms with Gasteiger partial charge < -0.3 is 10.1 Å². The van der Waals surface area contributed by atoms with Gasteiger partial charge in [-0.05, 0) is 62.7 Å². The molecule has 2 aromatic carbocycles. The molecular formula is C26H29FN2O4S. The Hall–Kier alpha value is -2.65. The first-order chi connectivity index (χ1) is 16.0. The number of hydrogen-bond donors (Lipinski definition) is 3.